The Morgan fingerprint density at radius 1 is 1.12 bits per heavy atom. The zero-order chi connectivity index (χ0) is 22.9. The minimum Gasteiger partial charge on any atom is -0.484 e. The number of nitrogens with zero attached hydrogens (tertiary/aromatic N) is 3. The molecule has 0 N–H and O–H groups in total. The molecule has 1 fully saturated rings. The largest absolute Gasteiger partial charge is 0.484 e. The molecule has 33 heavy (non-hydrogen) atoms. The number of amides is 1. The summed E-state index contributed by atoms with van der Waals surface area (Å²) in [6, 6.07) is 8.99. The van der Waals surface area contributed by atoms with E-state index < -0.39 is 6.17 Å². The van der Waals surface area contributed by atoms with Gasteiger partial charge in [0.1, 0.15) is 19.4 Å². The molecule has 1 saturated heterocycles. The summed E-state index contributed by atoms with van der Waals surface area (Å²) >= 11 is 6.59. The fourth-order valence-corrected chi connectivity index (χ4v) is 4.48. The third-order valence-electron chi connectivity index (χ3n) is 6.17. The van der Waals surface area contributed by atoms with Crippen LogP contribution in [0.3, 0.4) is 0 Å². The van der Waals surface area contributed by atoms with E-state index in [1.165, 1.54) is 0 Å². The molecule has 1 aromatic carbocycles. The Bertz CT molecular complexity index is 1210. The quantitative estimate of drug-likeness (QED) is 0.539. The van der Waals surface area contributed by atoms with Gasteiger partial charge in [-0.1, -0.05) is 24.6 Å². The molecule has 0 saturated carbocycles. The maximum absolute atomic E-state index is 14.1. The molecule has 2 aliphatic rings. The molecule has 2 atom stereocenters. The molecule has 0 unspecified atom stereocenters. The van der Waals surface area contributed by atoms with Gasteiger partial charge >= 0.3 is 0 Å². The number of aromatic nitrogens is 2. The topological polar surface area (TPSA) is 64.6 Å². The summed E-state index contributed by atoms with van der Waals surface area (Å²) in [4.78, 5) is 23.1. The highest BCUT2D eigenvalue weighted by molar-refractivity contribution is 6.33. The van der Waals surface area contributed by atoms with Crippen molar-refractivity contribution in [1.82, 2.24) is 14.9 Å². The molecule has 4 heterocycles. The minimum atomic E-state index is -1.00. The van der Waals surface area contributed by atoms with Gasteiger partial charge in [0.05, 0.1) is 6.54 Å². The van der Waals surface area contributed by atoms with Crippen LogP contribution < -0.4 is 9.47 Å². The van der Waals surface area contributed by atoms with Gasteiger partial charge in [-0.25, -0.2) is 9.37 Å². The van der Waals surface area contributed by atoms with Crippen LogP contribution in [0.2, 0.25) is 5.02 Å². The lowest BCUT2D eigenvalue weighted by Gasteiger charge is -2.33. The van der Waals surface area contributed by atoms with Crippen molar-refractivity contribution in [2.24, 2.45) is 5.92 Å². The van der Waals surface area contributed by atoms with Gasteiger partial charge in [0.25, 0.3) is 11.8 Å². The molecule has 1 amide bonds. The van der Waals surface area contributed by atoms with Gasteiger partial charge in [-0.3, -0.25) is 9.78 Å². The number of alkyl halides is 1. The van der Waals surface area contributed by atoms with Crippen LogP contribution in [0.5, 0.6) is 11.6 Å². The number of rotatable bonds is 3. The summed E-state index contributed by atoms with van der Waals surface area (Å²) < 4.78 is 25.5. The fraction of sp³-hybridized carbons (Fsp3) is 0.320. The number of pyridine rings is 2. The van der Waals surface area contributed by atoms with Gasteiger partial charge in [0, 0.05) is 58.0 Å². The Morgan fingerprint density at radius 3 is 2.70 bits per heavy atom. The zero-order valence-corrected chi connectivity index (χ0v) is 18.9. The molecule has 2 aromatic heterocycles. The first kappa shape index (κ1) is 21.6. The first-order valence-corrected chi connectivity index (χ1v) is 11.3. The van der Waals surface area contributed by atoms with Crippen molar-refractivity contribution in [3.8, 4) is 33.9 Å². The van der Waals surface area contributed by atoms with Crippen molar-refractivity contribution in [3.05, 3.63) is 59.5 Å². The minimum absolute atomic E-state index is 0.0252. The molecule has 170 valence electrons. The number of carbonyl (C=O) groups excluding carboxylic acids is 1. The van der Waals surface area contributed by atoms with E-state index in [0.29, 0.717) is 48.4 Å². The predicted molar refractivity (Wildman–Crippen MR) is 123 cm³/mol. The van der Waals surface area contributed by atoms with E-state index >= 15 is 0 Å². The molecule has 5 rings (SSSR count). The molecule has 0 spiro atoms. The summed E-state index contributed by atoms with van der Waals surface area (Å²) in [5.74, 6) is 0.831. The summed E-state index contributed by atoms with van der Waals surface area (Å²) in [5.41, 5.74) is 3.66. The summed E-state index contributed by atoms with van der Waals surface area (Å²) in [7, 11) is 0. The third-order valence-corrected chi connectivity index (χ3v) is 6.48. The Morgan fingerprint density at radius 2 is 1.91 bits per heavy atom. The highest BCUT2D eigenvalue weighted by atomic mass is 35.5. The maximum Gasteiger partial charge on any atom is 0.257 e. The Balaban J connectivity index is 1.43. The van der Waals surface area contributed by atoms with Crippen LogP contribution in [0.15, 0.2) is 48.9 Å². The van der Waals surface area contributed by atoms with Crippen LogP contribution >= 0.6 is 11.6 Å². The van der Waals surface area contributed by atoms with Crippen LogP contribution in [0, 0.1) is 5.92 Å². The first-order valence-electron chi connectivity index (χ1n) is 10.9. The summed E-state index contributed by atoms with van der Waals surface area (Å²) in [6.07, 6.45) is 4.79. The average molecular weight is 468 g/mol. The van der Waals surface area contributed by atoms with E-state index in [1.807, 2.05) is 19.1 Å². The summed E-state index contributed by atoms with van der Waals surface area (Å²) in [5, 5.41) is 0.429. The Labute approximate surface area is 196 Å². The molecular weight excluding hydrogens is 445 g/mol. The highest BCUT2D eigenvalue weighted by Gasteiger charge is 2.29. The molecule has 3 aromatic rings. The van der Waals surface area contributed by atoms with Crippen LogP contribution in [0.4, 0.5) is 4.39 Å². The van der Waals surface area contributed by atoms with Gasteiger partial charge in [-0.2, -0.15) is 0 Å². The van der Waals surface area contributed by atoms with E-state index in [9.17, 15) is 9.18 Å². The maximum atomic E-state index is 14.1. The number of fused-ring (bicyclic) bond motifs is 1. The monoisotopic (exact) mass is 467 g/mol. The second-order valence-electron chi connectivity index (χ2n) is 8.38. The molecule has 0 aliphatic carbocycles. The van der Waals surface area contributed by atoms with Crippen molar-refractivity contribution >= 4 is 17.5 Å². The molecule has 0 bridgehead atoms. The molecule has 2 aliphatic heterocycles. The number of halogens is 2. The number of hydrogen-bond donors (Lipinski definition) is 0. The van der Waals surface area contributed by atoms with Gasteiger partial charge in [0.15, 0.2) is 5.75 Å². The SMILES string of the molecule is C[C@H]1CCN(C(=O)c2ccc(-c3cncc(-c4ccnc5c4OCCO5)c3)c(Cl)c2)C[C@@H]1F. The number of carbonyl (C=O) groups is 1. The number of likely N-dealkylation sites (tertiary alicyclic amines) is 1. The number of benzene rings is 1. The number of ether oxygens (including phenoxy) is 2. The molecule has 6 nitrogen and oxygen atoms in total. The standard InChI is InChI=1S/C25H23ClFN3O3/c1-15-5-7-30(14-22(15)27)25(31)16-2-3-19(21(26)11-16)17-10-18(13-28-12-17)20-4-6-29-24-23(20)32-8-9-33-24/h2-4,6,10-13,15,22H,5,7-9,14H2,1H3/t15-,22-/m0/s1. The Hall–Kier alpha value is -3.19. The molecular formula is C25H23ClFN3O3. The van der Waals surface area contributed by atoms with Gasteiger partial charge < -0.3 is 14.4 Å². The number of piperidine rings is 1. The lowest BCUT2D eigenvalue weighted by Crippen LogP contribution is -2.44. The van der Waals surface area contributed by atoms with Crippen LogP contribution in [0.1, 0.15) is 23.7 Å². The van der Waals surface area contributed by atoms with Gasteiger partial charge in [-0.05, 0) is 36.6 Å². The van der Waals surface area contributed by atoms with E-state index in [2.05, 4.69) is 9.97 Å². The van der Waals surface area contributed by atoms with Crippen LogP contribution in [-0.2, 0) is 0 Å². The van der Waals surface area contributed by atoms with E-state index in [0.717, 1.165) is 22.3 Å². The van der Waals surface area contributed by atoms with Crippen molar-refractivity contribution in [3.63, 3.8) is 0 Å². The van der Waals surface area contributed by atoms with Crippen LogP contribution in [-0.4, -0.2) is 53.2 Å². The fourth-order valence-electron chi connectivity index (χ4n) is 4.19. The van der Waals surface area contributed by atoms with Crippen molar-refractivity contribution < 1.29 is 18.7 Å². The van der Waals surface area contributed by atoms with Crippen molar-refractivity contribution in [2.45, 2.75) is 19.5 Å². The molecule has 8 heteroatoms. The summed E-state index contributed by atoms with van der Waals surface area (Å²) in [6.45, 7) is 3.46. The van der Waals surface area contributed by atoms with E-state index in [4.69, 9.17) is 21.1 Å². The average Bonchev–Trinajstić information content (AvgIpc) is 2.85. The van der Waals surface area contributed by atoms with Crippen molar-refractivity contribution in [2.75, 3.05) is 26.3 Å². The Kier molecular flexibility index (Phi) is 5.89. The predicted octanol–water partition coefficient (Wildman–Crippen LogP) is 5.06. The lowest BCUT2D eigenvalue weighted by molar-refractivity contribution is 0.0541. The molecule has 0 radical (unpaired) electrons. The van der Waals surface area contributed by atoms with Gasteiger partial charge in [-0.15, -0.1) is 0 Å². The van der Waals surface area contributed by atoms with Crippen molar-refractivity contribution in [1.29, 1.82) is 0 Å². The third kappa shape index (κ3) is 4.25. The zero-order valence-electron chi connectivity index (χ0n) is 18.1. The van der Waals surface area contributed by atoms with Crippen LogP contribution in [0.25, 0.3) is 22.3 Å². The van der Waals surface area contributed by atoms with Gasteiger partial charge in [0.2, 0.25) is 0 Å². The highest BCUT2D eigenvalue weighted by Crippen LogP contribution is 2.39. The normalized spacial score (nSPS) is 19.9. The van der Waals surface area contributed by atoms with E-state index in [-0.39, 0.29) is 18.4 Å². The first-order chi connectivity index (χ1) is 16.0. The lowest BCUT2D eigenvalue weighted by atomic mass is 9.96. The number of hydrogen-bond acceptors (Lipinski definition) is 5. The second-order valence-corrected chi connectivity index (χ2v) is 8.79. The van der Waals surface area contributed by atoms with E-state index in [1.54, 1.807) is 41.7 Å². The smallest absolute Gasteiger partial charge is 0.257 e. The second kappa shape index (κ2) is 8.98.